The van der Waals surface area contributed by atoms with E-state index in [1.807, 2.05) is 18.2 Å². The van der Waals surface area contributed by atoms with Crippen LogP contribution in [0.5, 0.6) is 0 Å². The van der Waals surface area contributed by atoms with Crippen LogP contribution in [0.1, 0.15) is 24.1 Å². The first-order chi connectivity index (χ1) is 10.3. The van der Waals surface area contributed by atoms with Crippen molar-refractivity contribution in [2.24, 2.45) is 0 Å². The normalized spacial score (nSPS) is 14.1. The van der Waals surface area contributed by atoms with Crippen molar-refractivity contribution in [2.75, 3.05) is 11.9 Å². The van der Waals surface area contributed by atoms with Crippen LogP contribution in [0, 0.1) is 0 Å². The minimum Gasteiger partial charge on any atom is -0.329 e. The van der Waals surface area contributed by atoms with Crippen LogP contribution in [0.4, 0.5) is 11.5 Å². The molecule has 0 N–H and O–H groups in total. The first-order valence-corrected chi connectivity index (χ1v) is 7.23. The van der Waals surface area contributed by atoms with E-state index in [9.17, 15) is 0 Å². The zero-order valence-corrected chi connectivity index (χ0v) is 11.9. The van der Waals surface area contributed by atoms with Crippen molar-refractivity contribution in [3.8, 4) is 0 Å². The number of anilines is 2. The Balaban J connectivity index is 1.96. The summed E-state index contributed by atoms with van der Waals surface area (Å²) in [5.41, 5.74) is 3.53. The Kier molecular flexibility index (Phi) is 2.80. The number of fused-ring (bicyclic) bond motifs is 2. The highest BCUT2D eigenvalue weighted by Crippen LogP contribution is 2.32. The first kappa shape index (κ1) is 12.3. The van der Waals surface area contributed by atoms with Crippen molar-refractivity contribution in [2.45, 2.75) is 25.7 Å². The van der Waals surface area contributed by atoms with Crippen LogP contribution >= 0.6 is 0 Å². The van der Waals surface area contributed by atoms with E-state index in [4.69, 9.17) is 0 Å². The lowest BCUT2D eigenvalue weighted by Gasteiger charge is -2.25. The number of aromatic nitrogens is 5. The molecular weight excluding hydrogens is 264 g/mol. The molecule has 0 saturated carbocycles. The van der Waals surface area contributed by atoms with Gasteiger partial charge >= 0.3 is 0 Å². The van der Waals surface area contributed by atoms with E-state index in [1.165, 1.54) is 18.4 Å². The number of para-hydroxylation sites is 1. The summed E-state index contributed by atoms with van der Waals surface area (Å²) in [5, 5.41) is 11.9. The fourth-order valence-corrected chi connectivity index (χ4v) is 3.01. The summed E-state index contributed by atoms with van der Waals surface area (Å²) in [6, 6.07) is 10.3. The molecule has 21 heavy (non-hydrogen) atoms. The number of benzene rings is 1. The molecule has 1 aromatic carbocycles. The van der Waals surface area contributed by atoms with Gasteiger partial charge in [-0.05, 0) is 48.2 Å². The van der Waals surface area contributed by atoms with Crippen molar-refractivity contribution < 1.29 is 0 Å². The molecule has 6 heteroatoms. The molecule has 106 valence electrons. The third-order valence-electron chi connectivity index (χ3n) is 4.06. The molecule has 0 radical (unpaired) electrons. The van der Waals surface area contributed by atoms with Crippen molar-refractivity contribution in [3.05, 3.63) is 41.6 Å². The lowest BCUT2D eigenvalue weighted by atomic mass is 9.96. The molecule has 0 unspecified atom stereocenters. The van der Waals surface area contributed by atoms with Gasteiger partial charge in [-0.25, -0.2) is 4.98 Å². The monoisotopic (exact) mass is 280 g/mol. The summed E-state index contributed by atoms with van der Waals surface area (Å²) >= 11 is 0. The second kappa shape index (κ2) is 4.80. The maximum absolute atomic E-state index is 4.61. The van der Waals surface area contributed by atoms with E-state index >= 15 is 0 Å². The lowest BCUT2D eigenvalue weighted by molar-refractivity contribution is 0.657. The SMILES string of the molecule is CN(c1ccccc1)c1c2c(nc3nnnn13)CCCC2. The van der Waals surface area contributed by atoms with Crippen molar-refractivity contribution in [1.29, 1.82) is 0 Å². The average molecular weight is 280 g/mol. The highest BCUT2D eigenvalue weighted by molar-refractivity contribution is 5.65. The topological polar surface area (TPSA) is 59.2 Å². The Morgan fingerprint density at radius 3 is 2.76 bits per heavy atom. The van der Waals surface area contributed by atoms with Gasteiger partial charge in [0, 0.05) is 18.3 Å². The predicted octanol–water partition coefficient (Wildman–Crippen LogP) is 2.17. The highest BCUT2D eigenvalue weighted by Gasteiger charge is 2.22. The molecule has 2 heterocycles. The Hall–Kier alpha value is -2.50. The Morgan fingerprint density at radius 2 is 1.90 bits per heavy atom. The van der Waals surface area contributed by atoms with Crippen molar-refractivity contribution in [3.63, 3.8) is 0 Å². The van der Waals surface area contributed by atoms with Gasteiger partial charge in [-0.15, -0.1) is 0 Å². The van der Waals surface area contributed by atoms with E-state index in [1.54, 1.807) is 4.52 Å². The summed E-state index contributed by atoms with van der Waals surface area (Å²) in [6.07, 6.45) is 4.42. The van der Waals surface area contributed by atoms with Crippen molar-refractivity contribution >= 4 is 17.3 Å². The number of nitrogens with zero attached hydrogens (tertiary/aromatic N) is 6. The minimum atomic E-state index is 0.577. The van der Waals surface area contributed by atoms with Crippen LogP contribution in [0.15, 0.2) is 30.3 Å². The van der Waals surface area contributed by atoms with E-state index in [0.29, 0.717) is 5.78 Å². The second-order valence-corrected chi connectivity index (χ2v) is 5.35. The molecule has 0 amide bonds. The van der Waals surface area contributed by atoms with Gasteiger partial charge in [0.25, 0.3) is 5.78 Å². The maximum atomic E-state index is 4.61. The zero-order valence-electron chi connectivity index (χ0n) is 11.9. The predicted molar refractivity (Wildman–Crippen MR) is 79.7 cm³/mol. The molecule has 6 nitrogen and oxygen atoms in total. The second-order valence-electron chi connectivity index (χ2n) is 5.35. The number of tetrazole rings is 1. The zero-order chi connectivity index (χ0) is 14.2. The molecule has 2 aromatic heterocycles. The van der Waals surface area contributed by atoms with Gasteiger partial charge in [0.15, 0.2) is 0 Å². The summed E-state index contributed by atoms with van der Waals surface area (Å²) in [5.74, 6) is 1.61. The molecule has 0 spiro atoms. The fraction of sp³-hybridized carbons (Fsp3) is 0.333. The Bertz CT molecular complexity index is 779. The van der Waals surface area contributed by atoms with Crippen LogP contribution in [0.3, 0.4) is 0 Å². The highest BCUT2D eigenvalue weighted by atomic mass is 15.6. The number of hydrogen-bond donors (Lipinski definition) is 0. The lowest BCUT2D eigenvalue weighted by Crippen LogP contribution is -2.20. The van der Waals surface area contributed by atoms with Crippen LogP contribution < -0.4 is 4.90 Å². The molecule has 1 aliphatic carbocycles. The van der Waals surface area contributed by atoms with Crippen LogP contribution in [0.2, 0.25) is 0 Å². The third kappa shape index (κ3) is 1.94. The molecule has 0 bridgehead atoms. The van der Waals surface area contributed by atoms with Crippen LogP contribution in [-0.2, 0) is 12.8 Å². The van der Waals surface area contributed by atoms with Gasteiger partial charge in [-0.3, -0.25) is 0 Å². The smallest absolute Gasteiger partial charge is 0.275 e. The first-order valence-electron chi connectivity index (χ1n) is 7.23. The fourth-order valence-electron chi connectivity index (χ4n) is 3.01. The third-order valence-corrected chi connectivity index (χ3v) is 4.06. The number of aryl methyl sites for hydroxylation is 1. The molecule has 4 rings (SSSR count). The number of hydrogen-bond acceptors (Lipinski definition) is 5. The van der Waals surface area contributed by atoms with Gasteiger partial charge in [-0.1, -0.05) is 23.3 Å². The molecule has 0 fully saturated rings. The van der Waals surface area contributed by atoms with Gasteiger partial charge in [0.2, 0.25) is 0 Å². The Morgan fingerprint density at radius 1 is 1.10 bits per heavy atom. The largest absolute Gasteiger partial charge is 0.329 e. The molecular formula is C15H16N6. The van der Waals surface area contributed by atoms with Crippen LogP contribution in [-0.4, -0.2) is 32.1 Å². The van der Waals surface area contributed by atoms with Crippen molar-refractivity contribution in [1.82, 2.24) is 25.0 Å². The molecule has 0 saturated heterocycles. The van der Waals surface area contributed by atoms with E-state index in [-0.39, 0.29) is 0 Å². The van der Waals surface area contributed by atoms with E-state index in [2.05, 4.69) is 44.6 Å². The quantitative estimate of drug-likeness (QED) is 0.720. The summed E-state index contributed by atoms with van der Waals surface area (Å²) in [4.78, 5) is 6.76. The van der Waals surface area contributed by atoms with Gasteiger partial charge in [-0.2, -0.15) is 4.52 Å². The molecule has 3 aromatic rings. The summed E-state index contributed by atoms with van der Waals surface area (Å²) in [7, 11) is 2.06. The van der Waals surface area contributed by atoms with Gasteiger partial charge in [0.1, 0.15) is 5.82 Å². The van der Waals surface area contributed by atoms with Gasteiger partial charge in [0.05, 0.1) is 5.69 Å². The van der Waals surface area contributed by atoms with Gasteiger partial charge < -0.3 is 4.90 Å². The standard InChI is InChI=1S/C15H16N6/c1-20(11-7-3-2-4-8-11)14-12-9-5-6-10-13(12)16-15-17-18-19-21(14)15/h2-4,7-8H,5-6,9-10H2,1H3. The van der Waals surface area contributed by atoms with E-state index < -0.39 is 0 Å². The number of rotatable bonds is 2. The Labute approximate surface area is 122 Å². The molecule has 0 atom stereocenters. The molecule has 0 aliphatic heterocycles. The summed E-state index contributed by atoms with van der Waals surface area (Å²) < 4.78 is 1.75. The maximum Gasteiger partial charge on any atom is 0.275 e. The summed E-state index contributed by atoms with van der Waals surface area (Å²) in [6.45, 7) is 0. The molecule has 1 aliphatic rings. The van der Waals surface area contributed by atoms with E-state index in [0.717, 1.165) is 30.0 Å². The minimum absolute atomic E-state index is 0.577. The average Bonchev–Trinajstić information content (AvgIpc) is 3.00. The van der Waals surface area contributed by atoms with Crippen LogP contribution in [0.25, 0.3) is 5.78 Å².